The Bertz CT molecular complexity index is 762. The molecule has 1 aliphatic heterocycles. The third-order valence-electron chi connectivity index (χ3n) is 3.96. The maximum absolute atomic E-state index is 13.2. The normalized spacial score (nSPS) is 14.0. The molecular weight excluding hydrogens is 341 g/mol. The minimum Gasteiger partial charge on any atom is -0.487 e. The van der Waals surface area contributed by atoms with Crippen molar-refractivity contribution in [3.05, 3.63) is 53.1 Å². The van der Waals surface area contributed by atoms with Gasteiger partial charge in [0.1, 0.15) is 18.5 Å². The van der Waals surface area contributed by atoms with E-state index in [-0.39, 0.29) is 12.1 Å². The zero-order chi connectivity index (χ0) is 17.8. The van der Waals surface area contributed by atoms with Crippen molar-refractivity contribution < 1.29 is 19.0 Å². The van der Waals surface area contributed by atoms with Gasteiger partial charge >= 0.3 is 5.97 Å². The van der Waals surface area contributed by atoms with Gasteiger partial charge in [-0.25, -0.2) is 9.18 Å². The molecule has 3 rings (SSSR count). The number of anilines is 1. The molecule has 0 aliphatic carbocycles. The van der Waals surface area contributed by atoms with Gasteiger partial charge in [-0.3, -0.25) is 0 Å². The third kappa shape index (κ3) is 4.45. The fraction of sp³-hybridized carbons (Fsp3) is 0.316. The number of hydrogen-bond donors (Lipinski definition) is 2. The van der Waals surface area contributed by atoms with Crippen LogP contribution < -0.4 is 10.1 Å². The molecule has 2 N–H and O–H groups in total. The number of benzene rings is 2. The lowest BCUT2D eigenvalue weighted by molar-refractivity contribution is 0.0697. The lowest BCUT2D eigenvalue weighted by Crippen LogP contribution is -2.12. The molecule has 132 valence electrons. The summed E-state index contributed by atoms with van der Waals surface area (Å²) >= 11 is 1.79. The summed E-state index contributed by atoms with van der Waals surface area (Å²) in [4.78, 5) is 12.1. The van der Waals surface area contributed by atoms with Crippen LogP contribution in [0.2, 0.25) is 0 Å². The van der Waals surface area contributed by atoms with Crippen LogP contribution in [0.3, 0.4) is 0 Å². The van der Waals surface area contributed by atoms with Crippen molar-refractivity contribution in [1.82, 2.24) is 0 Å². The number of halogens is 1. The predicted molar refractivity (Wildman–Crippen MR) is 97.7 cm³/mol. The summed E-state index contributed by atoms with van der Waals surface area (Å²) in [6, 6.07) is 10.6. The first-order valence-corrected chi connectivity index (χ1v) is 9.14. The number of alkyl halides is 1. The highest BCUT2D eigenvalue weighted by Gasteiger charge is 2.17. The summed E-state index contributed by atoms with van der Waals surface area (Å²) in [5.74, 6) is 0.792. The summed E-state index contributed by atoms with van der Waals surface area (Å²) in [6.07, 6.45) is 0.0654. The number of hydrogen-bond acceptors (Lipinski definition) is 4. The fourth-order valence-corrected chi connectivity index (χ4v) is 3.70. The first kappa shape index (κ1) is 17.6. The number of rotatable bonds is 7. The van der Waals surface area contributed by atoms with Crippen LogP contribution in [0.1, 0.15) is 28.4 Å². The molecule has 0 fully saturated rings. The number of nitrogens with one attached hydrogen (secondary N) is 1. The lowest BCUT2D eigenvalue weighted by Gasteiger charge is -2.16. The Balaban J connectivity index is 1.74. The van der Waals surface area contributed by atoms with Crippen LogP contribution in [0.15, 0.2) is 41.3 Å². The molecule has 2 aromatic carbocycles. The van der Waals surface area contributed by atoms with Crippen LogP contribution in [0.4, 0.5) is 10.1 Å². The van der Waals surface area contributed by atoms with Gasteiger partial charge in [0.2, 0.25) is 0 Å². The topological polar surface area (TPSA) is 58.6 Å². The van der Waals surface area contributed by atoms with E-state index < -0.39 is 12.1 Å². The van der Waals surface area contributed by atoms with Crippen molar-refractivity contribution in [2.24, 2.45) is 0 Å². The zero-order valence-electron chi connectivity index (χ0n) is 13.9. The molecule has 25 heavy (non-hydrogen) atoms. The Labute approximate surface area is 150 Å². The smallest absolute Gasteiger partial charge is 0.335 e. The Morgan fingerprint density at radius 1 is 1.36 bits per heavy atom. The Morgan fingerprint density at radius 3 is 2.80 bits per heavy atom. The number of carboxylic acids is 1. The molecule has 6 heteroatoms. The number of fused-ring (bicyclic) bond motifs is 1. The highest BCUT2D eigenvalue weighted by molar-refractivity contribution is 7.99. The fourth-order valence-electron chi connectivity index (χ4n) is 2.62. The number of carbonyl (C=O) groups is 1. The first-order valence-electron chi connectivity index (χ1n) is 8.15. The van der Waals surface area contributed by atoms with E-state index in [1.807, 2.05) is 12.1 Å². The molecule has 1 aliphatic rings. The van der Waals surface area contributed by atoms with Crippen molar-refractivity contribution in [2.45, 2.75) is 31.0 Å². The summed E-state index contributed by atoms with van der Waals surface area (Å²) in [5.41, 5.74) is 3.19. The molecule has 0 aromatic heterocycles. The molecule has 1 atom stereocenters. The molecular formula is C19H20FNO3S. The quantitative estimate of drug-likeness (QED) is 0.766. The van der Waals surface area contributed by atoms with Gasteiger partial charge in [-0.05, 0) is 48.7 Å². The van der Waals surface area contributed by atoms with Crippen molar-refractivity contribution >= 4 is 23.4 Å². The number of carboxylic acid groups (broad SMARTS) is 1. The maximum Gasteiger partial charge on any atom is 0.335 e. The monoisotopic (exact) mass is 361 g/mol. The van der Waals surface area contributed by atoms with Crippen LogP contribution in [0, 0.1) is 0 Å². The summed E-state index contributed by atoms with van der Waals surface area (Å²) in [5, 5.41) is 12.1. The number of thioether (sulfide) groups is 1. The van der Waals surface area contributed by atoms with Crippen LogP contribution >= 0.6 is 11.8 Å². The van der Waals surface area contributed by atoms with Gasteiger partial charge in [0, 0.05) is 17.2 Å². The predicted octanol–water partition coefficient (Wildman–Crippen LogP) is 4.38. The number of ether oxygens (including phenoxy) is 1. The van der Waals surface area contributed by atoms with Crippen LogP contribution in [0.25, 0.3) is 0 Å². The van der Waals surface area contributed by atoms with Gasteiger partial charge < -0.3 is 15.2 Å². The summed E-state index contributed by atoms with van der Waals surface area (Å²) in [6.45, 7) is 2.07. The second-order valence-electron chi connectivity index (χ2n) is 6.01. The minimum atomic E-state index is -0.949. The minimum absolute atomic E-state index is 0.232. The van der Waals surface area contributed by atoms with Crippen molar-refractivity contribution in [3.63, 3.8) is 0 Å². The first-order chi connectivity index (χ1) is 12.0. The molecule has 0 amide bonds. The highest BCUT2D eigenvalue weighted by Crippen LogP contribution is 2.39. The van der Waals surface area contributed by atoms with E-state index in [4.69, 9.17) is 9.84 Å². The van der Waals surface area contributed by atoms with E-state index in [1.54, 1.807) is 36.0 Å². The molecule has 0 radical (unpaired) electrons. The van der Waals surface area contributed by atoms with Crippen molar-refractivity contribution in [3.8, 4) is 5.75 Å². The third-order valence-corrected chi connectivity index (χ3v) is 5.06. The Kier molecular flexibility index (Phi) is 5.48. The lowest BCUT2D eigenvalue weighted by atomic mass is 10.1. The molecule has 2 aromatic rings. The molecule has 0 saturated carbocycles. The standard InChI is InChI=1S/C19H20FNO3S/c1-12(20)10-21-16-8-15-6-7-25-18(15)9-17(16)24-11-13-2-4-14(5-3-13)19(22)23/h2-5,8-9,12,21H,6-7,10-11H2,1H3,(H,22,23). The van der Waals surface area contributed by atoms with Crippen LogP contribution in [-0.2, 0) is 13.0 Å². The van der Waals surface area contributed by atoms with Gasteiger partial charge in [0.05, 0.1) is 11.3 Å². The molecule has 1 unspecified atom stereocenters. The number of aryl methyl sites for hydroxylation is 1. The molecule has 4 nitrogen and oxygen atoms in total. The van der Waals surface area contributed by atoms with E-state index in [0.717, 1.165) is 23.4 Å². The van der Waals surface area contributed by atoms with E-state index in [9.17, 15) is 9.18 Å². The van der Waals surface area contributed by atoms with Gasteiger partial charge in [-0.1, -0.05) is 12.1 Å². The van der Waals surface area contributed by atoms with Crippen molar-refractivity contribution in [1.29, 1.82) is 0 Å². The maximum atomic E-state index is 13.2. The Hall–Kier alpha value is -2.21. The summed E-state index contributed by atoms with van der Waals surface area (Å²) in [7, 11) is 0. The van der Waals surface area contributed by atoms with Gasteiger partial charge in [-0.2, -0.15) is 0 Å². The summed E-state index contributed by atoms with van der Waals surface area (Å²) < 4.78 is 19.1. The molecule has 0 saturated heterocycles. The highest BCUT2D eigenvalue weighted by atomic mass is 32.2. The average Bonchev–Trinajstić information content (AvgIpc) is 3.05. The van der Waals surface area contributed by atoms with E-state index in [2.05, 4.69) is 5.32 Å². The molecule has 0 bridgehead atoms. The average molecular weight is 361 g/mol. The van der Waals surface area contributed by atoms with Gasteiger partial charge in [-0.15, -0.1) is 11.8 Å². The van der Waals surface area contributed by atoms with Crippen molar-refractivity contribution in [2.75, 3.05) is 17.6 Å². The van der Waals surface area contributed by atoms with E-state index >= 15 is 0 Å². The van der Waals surface area contributed by atoms with Gasteiger partial charge in [0.25, 0.3) is 0 Å². The van der Waals surface area contributed by atoms with Crippen LogP contribution in [-0.4, -0.2) is 29.5 Å². The van der Waals surface area contributed by atoms with E-state index in [1.165, 1.54) is 17.4 Å². The number of aromatic carboxylic acids is 1. The molecule has 0 spiro atoms. The van der Waals surface area contributed by atoms with E-state index in [0.29, 0.717) is 12.4 Å². The largest absolute Gasteiger partial charge is 0.487 e. The van der Waals surface area contributed by atoms with Crippen LogP contribution in [0.5, 0.6) is 5.75 Å². The second-order valence-corrected chi connectivity index (χ2v) is 7.14. The molecule has 1 heterocycles. The Morgan fingerprint density at radius 2 is 2.12 bits per heavy atom. The SMILES string of the molecule is CC(F)CNc1cc2c(cc1OCc1ccc(C(=O)O)cc1)SCC2. The zero-order valence-corrected chi connectivity index (χ0v) is 14.7. The second kappa shape index (κ2) is 7.78. The van der Waals surface area contributed by atoms with Gasteiger partial charge in [0.15, 0.2) is 0 Å².